The van der Waals surface area contributed by atoms with Gasteiger partial charge in [-0.3, -0.25) is 13.9 Å². The highest BCUT2D eigenvalue weighted by Gasteiger charge is 2.33. The molecular formula is C29H32Cl3N3O4S. The van der Waals surface area contributed by atoms with Gasteiger partial charge in [-0.15, -0.1) is 0 Å². The molecule has 1 N–H and O–H groups in total. The molecule has 2 amide bonds. The minimum Gasteiger partial charge on any atom is -0.354 e. The Balaban J connectivity index is 2.04. The SMILES string of the molecule is CCCCNC(=O)[C@H](C)N(Cc1c(Cl)cccc1Cl)C(=O)CN(c1cccc(C)c1)S(=O)(=O)c1ccc(Cl)cc1. The van der Waals surface area contributed by atoms with Crippen LogP contribution in [0.3, 0.4) is 0 Å². The first-order chi connectivity index (χ1) is 18.9. The fraction of sp³-hybridized carbons (Fsp3) is 0.310. The minimum atomic E-state index is -4.19. The van der Waals surface area contributed by atoms with Crippen LogP contribution >= 0.6 is 34.8 Å². The summed E-state index contributed by atoms with van der Waals surface area (Å²) in [4.78, 5) is 28.3. The van der Waals surface area contributed by atoms with E-state index in [0.717, 1.165) is 22.7 Å². The molecule has 0 saturated carbocycles. The zero-order chi connectivity index (χ0) is 29.4. The molecule has 0 aromatic heterocycles. The number of nitrogens with zero attached hydrogens (tertiary/aromatic N) is 2. The van der Waals surface area contributed by atoms with Gasteiger partial charge in [0, 0.05) is 33.7 Å². The number of sulfonamides is 1. The van der Waals surface area contributed by atoms with E-state index in [-0.39, 0.29) is 17.3 Å². The second kappa shape index (κ2) is 14.2. The Hall–Kier alpha value is -2.78. The molecule has 214 valence electrons. The quantitative estimate of drug-likeness (QED) is 0.234. The Morgan fingerprint density at radius 1 is 0.950 bits per heavy atom. The van der Waals surface area contributed by atoms with Crippen molar-refractivity contribution in [3.05, 3.63) is 92.9 Å². The lowest BCUT2D eigenvalue weighted by atomic mass is 10.1. The number of halogens is 3. The maximum Gasteiger partial charge on any atom is 0.264 e. The Morgan fingerprint density at radius 2 is 1.57 bits per heavy atom. The molecule has 0 unspecified atom stereocenters. The van der Waals surface area contributed by atoms with Gasteiger partial charge < -0.3 is 10.2 Å². The molecule has 3 aromatic carbocycles. The number of carbonyl (C=O) groups is 2. The monoisotopic (exact) mass is 623 g/mol. The van der Waals surface area contributed by atoms with Crippen LogP contribution in [0.1, 0.15) is 37.8 Å². The van der Waals surface area contributed by atoms with Gasteiger partial charge >= 0.3 is 0 Å². The van der Waals surface area contributed by atoms with Gasteiger partial charge in [0.2, 0.25) is 11.8 Å². The van der Waals surface area contributed by atoms with Gasteiger partial charge in [0.15, 0.2) is 0 Å². The first-order valence-corrected chi connectivity index (χ1v) is 15.4. The number of rotatable bonds is 12. The predicted molar refractivity (Wildman–Crippen MR) is 162 cm³/mol. The zero-order valence-electron chi connectivity index (χ0n) is 22.5. The molecular weight excluding hydrogens is 593 g/mol. The number of unbranched alkanes of at least 4 members (excludes halogenated alkanes) is 1. The third kappa shape index (κ3) is 7.91. The van der Waals surface area contributed by atoms with Gasteiger partial charge in [-0.05, 0) is 74.4 Å². The first kappa shape index (κ1) is 31.7. The summed E-state index contributed by atoms with van der Waals surface area (Å²) in [5.74, 6) is -0.971. The summed E-state index contributed by atoms with van der Waals surface area (Å²) in [5, 5.41) is 3.88. The molecule has 0 fully saturated rings. The number of anilines is 1. The molecule has 0 saturated heterocycles. The second-order valence-corrected chi connectivity index (χ2v) is 12.5. The van der Waals surface area contributed by atoms with Crippen LogP contribution in [0.15, 0.2) is 71.6 Å². The average Bonchev–Trinajstić information content (AvgIpc) is 2.91. The van der Waals surface area contributed by atoms with Crippen molar-refractivity contribution in [3.63, 3.8) is 0 Å². The maximum absolute atomic E-state index is 14.0. The molecule has 3 rings (SSSR count). The Labute approximate surface area is 251 Å². The summed E-state index contributed by atoms with van der Waals surface area (Å²) >= 11 is 18.8. The lowest BCUT2D eigenvalue weighted by Gasteiger charge is -2.32. The van der Waals surface area contributed by atoms with Crippen LogP contribution < -0.4 is 9.62 Å². The molecule has 0 aliphatic carbocycles. The van der Waals surface area contributed by atoms with Crippen LogP contribution in [0.25, 0.3) is 0 Å². The second-order valence-electron chi connectivity index (χ2n) is 9.35. The largest absolute Gasteiger partial charge is 0.354 e. The van der Waals surface area contributed by atoms with Gasteiger partial charge in [0.05, 0.1) is 10.6 Å². The van der Waals surface area contributed by atoms with Crippen molar-refractivity contribution in [3.8, 4) is 0 Å². The fourth-order valence-corrected chi connectivity index (χ4v) is 6.07. The molecule has 1 atom stereocenters. The number of hydrogen-bond acceptors (Lipinski definition) is 4. The number of amides is 2. The van der Waals surface area contributed by atoms with E-state index in [1.165, 1.54) is 29.2 Å². The van der Waals surface area contributed by atoms with Crippen molar-refractivity contribution < 1.29 is 18.0 Å². The van der Waals surface area contributed by atoms with Crippen molar-refractivity contribution in [1.82, 2.24) is 10.2 Å². The van der Waals surface area contributed by atoms with Crippen molar-refractivity contribution in [1.29, 1.82) is 0 Å². The first-order valence-electron chi connectivity index (χ1n) is 12.8. The Kier molecular flexibility index (Phi) is 11.3. The predicted octanol–water partition coefficient (Wildman–Crippen LogP) is 6.48. The normalized spacial score (nSPS) is 12.1. The number of nitrogens with one attached hydrogen (secondary N) is 1. The van der Waals surface area contributed by atoms with Crippen molar-refractivity contribution in [2.75, 3.05) is 17.4 Å². The third-order valence-corrected chi connectivity index (χ3v) is 9.11. The summed E-state index contributed by atoms with van der Waals surface area (Å²) < 4.78 is 28.7. The summed E-state index contributed by atoms with van der Waals surface area (Å²) in [6.07, 6.45) is 1.67. The molecule has 40 heavy (non-hydrogen) atoms. The number of carbonyl (C=O) groups excluding carboxylic acids is 2. The molecule has 0 heterocycles. The minimum absolute atomic E-state index is 0.0303. The molecule has 0 aliphatic rings. The molecule has 3 aromatic rings. The lowest BCUT2D eigenvalue weighted by Crippen LogP contribution is -2.51. The number of hydrogen-bond donors (Lipinski definition) is 1. The fourth-order valence-electron chi connectivity index (χ4n) is 4.02. The summed E-state index contributed by atoms with van der Waals surface area (Å²) in [6, 6.07) is 16.6. The van der Waals surface area contributed by atoms with Gasteiger partial charge in [-0.1, -0.05) is 66.3 Å². The highest BCUT2D eigenvalue weighted by molar-refractivity contribution is 7.92. The van der Waals surface area contributed by atoms with Crippen molar-refractivity contribution in [2.45, 2.75) is 51.1 Å². The van der Waals surface area contributed by atoms with Crippen LogP contribution in [-0.2, 0) is 26.2 Å². The van der Waals surface area contributed by atoms with E-state index in [1.807, 2.05) is 19.9 Å². The van der Waals surface area contributed by atoms with Crippen molar-refractivity contribution >= 4 is 62.3 Å². The molecule has 7 nitrogen and oxygen atoms in total. The highest BCUT2D eigenvalue weighted by atomic mass is 35.5. The van der Waals surface area contributed by atoms with Crippen LogP contribution in [0.4, 0.5) is 5.69 Å². The van der Waals surface area contributed by atoms with Crippen LogP contribution in [0, 0.1) is 6.92 Å². The molecule has 0 radical (unpaired) electrons. The maximum atomic E-state index is 14.0. The molecule has 0 aliphatic heterocycles. The summed E-state index contributed by atoms with van der Waals surface area (Å²) in [6.45, 7) is 5.22. The highest BCUT2D eigenvalue weighted by Crippen LogP contribution is 2.29. The van der Waals surface area contributed by atoms with Gasteiger partial charge in [0.25, 0.3) is 10.0 Å². The summed E-state index contributed by atoms with van der Waals surface area (Å²) in [5.41, 5.74) is 1.57. The average molecular weight is 625 g/mol. The number of aryl methyl sites for hydroxylation is 1. The Morgan fingerprint density at radius 3 is 2.17 bits per heavy atom. The van der Waals surface area contributed by atoms with Gasteiger partial charge in [-0.2, -0.15) is 0 Å². The molecule has 0 spiro atoms. The van der Waals surface area contributed by atoms with Gasteiger partial charge in [0.1, 0.15) is 12.6 Å². The van der Waals surface area contributed by atoms with E-state index in [4.69, 9.17) is 34.8 Å². The van der Waals surface area contributed by atoms with E-state index in [2.05, 4.69) is 5.32 Å². The van der Waals surface area contributed by atoms with E-state index >= 15 is 0 Å². The zero-order valence-corrected chi connectivity index (χ0v) is 25.6. The number of benzene rings is 3. The van der Waals surface area contributed by atoms with E-state index in [0.29, 0.717) is 32.9 Å². The van der Waals surface area contributed by atoms with Crippen LogP contribution in [0.2, 0.25) is 15.1 Å². The van der Waals surface area contributed by atoms with E-state index in [1.54, 1.807) is 43.3 Å². The standard InChI is InChI=1S/C29H32Cl3N3O4S/c1-4-5-16-33-29(37)21(3)34(18-25-26(31)10-7-11-27(25)32)28(36)19-35(23-9-6-8-20(2)17-23)40(38,39)24-14-12-22(30)13-15-24/h6-15,17,21H,4-5,16,18-19H2,1-3H3,(H,33,37)/t21-/m0/s1. The van der Waals surface area contributed by atoms with E-state index < -0.39 is 28.5 Å². The molecule has 11 heteroatoms. The van der Waals surface area contributed by atoms with Crippen LogP contribution in [-0.4, -0.2) is 44.3 Å². The lowest BCUT2D eigenvalue weighted by molar-refractivity contribution is -0.139. The van der Waals surface area contributed by atoms with E-state index in [9.17, 15) is 18.0 Å². The van der Waals surface area contributed by atoms with Crippen molar-refractivity contribution in [2.24, 2.45) is 0 Å². The van der Waals surface area contributed by atoms with Gasteiger partial charge in [-0.25, -0.2) is 8.42 Å². The Bertz CT molecular complexity index is 1430. The summed E-state index contributed by atoms with van der Waals surface area (Å²) in [7, 11) is -4.19. The molecule has 0 bridgehead atoms. The topological polar surface area (TPSA) is 86.8 Å². The smallest absolute Gasteiger partial charge is 0.264 e. The van der Waals surface area contributed by atoms with Crippen LogP contribution in [0.5, 0.6) is 0 Å². The third-order valence-electron chi connectivity index (χ3n) is 6.36.